The third-order valence-corrected chi connectivity index (χ3v) is 3.61. The van der Waals surface area contributed by atoms with Gasteiger partial charge in [0.1, 0.15) is 24.0 Å². The zero-order chi connectivity index (χ0) is 14.7. The van der Waals surface area contributed by atoms with Crippen LogP contribution in [-0.4, -0.2) is 49.2 Å². The summed E-state index contributed by atoms with van der Waals surface area (Å²) in [5, 5.41) is 2.86. The van der Waals surface area contributed by atoms with Crippen molar-refractivity contribution >= 4 is 40.6 Å². The van der Waals surface area contributed by atoms with Gasteiger partial charge in [-0.1, -0.05) is 11.6 Å². The van der Waals surface area contributed by atoms with Gasteiger partial charge in [-0.15, -0.1) is 11.6 Å². The van der Waals surface area contributed by atoms with Crippen molar-refractivity contribution in [3.8, 4) is 0 Å². The lowest BCUT2D eigenvalue weighted by Gasteiger charge is -2.18. The second-order valence-electron chi connectivity index (χ2n) is 4.40. The van der Waals surface area contributed by atoms with Crippen LogP contribution in [0.2, 0.25) is 5.02 Å². The number of amides is 1. The number of hydrogen-bond donors (Lipinski definition) is 1. The van der Waals surface area contributed by atoms with Crippen LogP contribution in [0, 0.1) is 0 Å². The number of aromatic nitrogens is 1. The number of carbonyl (C=O) groups excluding carboxylic acids is 1. The number of methoxy groups -OCH3 is 1. The van der Waals surface area contributed by atoms with Gasteiger partial charge >= 0.3 is 0 Å². The van der Waals surface area contributed by atoms with Gasteiger partial charge in [-0.2, -0.15) is 0 Å². The highest BCUT2D eigenvalue weighted by Crippen LogP contribution is 2.28. The Labute approximate surface area is 126 Å². The summed E-state index contributed by atoms with van der Waals surface area (Å²) < 4.78 is 18.7. The van der Waals surface area contributed by atoms with Gasteiger partial charge < -0.3 is 15.0 Å². The van der Waals surface area contributed by atoms with Crippen LogP contribution < -0.4 is 10.2 Å². The van der Waals surface area contributed by atoms with E-state index < -0.39 is 12.3 Å². The summed E-state index contributed by atoms with van der Waals surface area (Å²) in [6.07, 6.45) is -0.139. The molecular formula is C12H14Cl2FN3O2. The molecular weight excluding hydrogens is 308 g/mol. The van der Waals surface area contributed by atoms with Crippen LogP contribution in [0.25, 0.3) is 0 Å². The summed E-state index contributed by atoms with van der Waals surface area (Å²) in [4.78, 5) is 17.2. The number of alkyl halides is 2. The molecule has 0 saturated carbocycles. The molecule has 1 fully saturated rings. The molecule has 110 valence electrons. The van der Waals surface area contributed by atoms with Gasteiger partial charge in [-0.3, -0.25) is 4.79 Å². The molecule has 0 unspecified atom stereocenters. The van der Waals surface area contributed by atoms with Gasteiger partial charge in [-0.05, 0) is 0 Å². The quantitative estimate of drug-likeness (QED) is 0.863. The normalized spacial score (nSPS) is 22.1. The Morgan fingerprint density at radius 1 is 1.65 bits per heavy atom. The van der Waals surface area contributed by atoms with Crippen molar-refractivity contribution in [2.24, 2.45) is 0 Å². The van der Waals surface area contributed by atoms with Crippen molar-refractivity contribution in [2.75, 3.05) is 36.3 Å². The van der Waals surface area contributed by atoms with E-state index in [1.54, 1.807) is 11.0 Å². The van der Waals surface area contributed by atoms with E-state index in [0.29, 0.717) is 23.1 Å². The molecule has 1 saturated heterocycles. The summed E-state index contributed by atoms with van der Waals surface area (Å²) in [6, 6.07) is 1.59. The van der Waals surface area contributed by atoms with Gasteiger partial charge in [0.15, 0.2) is 0 Å². The lowest BCUT2D eigenvalue weighted by Crippen LogP contribution is -2.23. The molecule has 1 amide bonds. The van der Waals surface area contributed by atoms with Crippen LogP contribution in [0.1, 0.15) is 0 Å². The zero-order valence-corrected chi connectivity index (χ0v) is 12.3. The Morgan fingerprint density at radius 2 is 2.40 bits per heavy atom. The molecule has 2 heterocycles. The second-order valence-corrected chi connectivity index (χ2v) is 5.07. The molecule has 1 aliphatic rings. The van der Waals surface area contributed by atoms with Gasteiger partial charge in [0, 0.05) is 19.7 Å². The van der Waals surface area contributed by atoms with E-state index in [9.17, 15) is 9.18 Å². The van der Waals surface area contributed by atoms with Crippen molar-refractivity contribution in [1.29, 1.82) is 0 Å². The molecule has 0 radical (unpaired) electrons. The minimum absolute atomic E-state index is 0.171. The van der Waals surface area contributed by atoms with Crippen LogP contribution in [0.15, 0.2) is 12.3 Å². The first-order chi connectivity index (χ1) is 9.55. The van der Waals surface area contributed by atoms with Gasteiger partial charge in [0.2, 0.25) is 5.91 Å². The average molecular weight is 322 g/mol. The number of anilines is 2. The number of halogens is 3. The monoisotopic (exact) mass is 321 g/mol. The number of rotatable bonds is 4. The molecule has 1 aromatic heterocycles. The minimum Gasteiger partial charge on any atom is -0.377 e. The molecule has 1 aliphatic heterocycles. The van der Waals surface area contributed by atoms with E-state index in [4.69, 9.17) is 27.9 Å². The number of hydrogen-bond acceptors (Lipinski definition) is 4. The largest absolute Gasteiger partial charge is 0.377 e. The number of nitrogens with zero attached hydrogens (tertiary/aromatic N) is 2. The molecule has 8 heteroatoms. The number of ether oxygens (including phenoxy) is 1. The van der Waals surface area contributed by atoms with Crippen LogP contribution >= 0.6 is 23.2 Å². The van der Waals surface area contributed by atoms with Crippen molar-refractivity contribution in [3.05, 3.63) is 17.3 Å². The highest BCUT2D eigenvalue weighted by molar-refractivity contribution is 6.34. The molecule has 2 atom stereocenters. The Morgan fingerprint density at radius 3 is 3.00 bits per heavy atom. The molecule has 1 N–H and O–H groups in total. The fourth-order valence-electron chi connectivity index (χ4n) is 2.02. The van der Waals surface area contributed by atoms with Crippen LogP contribution in [0.3, 0.4) is 0 Å². The number of nitrogens with one attached hydrogen (secondary N) is 1. The van der Waals surface area contributed by atoms with Crippen LogP contribution in [0.4, 0.5) is 15.9 Å². The third-order valence-electron chi connectivity index (χ3n) is 3.06. The summed E-state index contributed by atoms with van der Waals surface area (Å²) >= 11 is 11.4. The van der Waals surface area contributed by atoms with Gasteiger partial charge in [0.05, 0.1) is 23.5 Å². The molecule has 2 rings (SSSR count). The van der Waals surface area contributed by atoms with E-state index >= 15 is 0 Å². The zero-order valence-electron chi connectivity index (χ0n) is 10.8. The van der Waals surface area contributed by atoms with E-state index in [0.717, 1.165) is 0 Å². The molecule has 20 heavy (non-hydrogen) atoms. The Balaban J connectivity index is 2.17. The predicted octanol–water partition coefficient (Wildman–Crippen LogP) is 2.09. The average Bonchev–Trinajstić information content (AvgIpc) is 2.82. The SMILES string of the molecule is CO[C@@H]1CN(c2cc(NC(=O)CCl)c(Cl)cn2)C[C@H]1F. The summed E-state index contributed by atoms with van der Waals surface area (Å²) in [6.45, 7) is 0.589. The topological polar surface area (TPSA) is 54.5 Å². The van der Waals surface area contributed by atoms with Crippen molar-refractivity contribution < 1.29 is 13.9 Å². The Bertz CT molecular complexity index is 504. The van der Waals surface area contributed by atoms with E-state index in [1.807, 2.05) is 0 Å². The smallest absolute Gasteiger partial charge is 0.239 e. The third kappa shape index (κ3) is 3.31. The standard InChI is InChI=1S/C12H14Cl2FN3O2/c1-20-10-6-18(5-8(10)15)11-2-9(7(14)4-16-11)17-12(19)3-13/h2,4,8,10H,3,5-6H2,1H3,(H,16,17,19)/t8-,10-/m1/s1. The first kappa shape index (κ1) is 15.3. The highest BCUT2D eigenvalue weighted by Gasteiger charge is 2.33. The molecule has 0 spiro atoms. The summed E-state index contributed by atoms with van der Waals surface area (Å²) in [5.41, 5.74) is 0.401. The van der Waals surface area contributed by atoms with Crippen molar-refractivity contribution in [3.63, 3.8) is 0 Å². The van der Waals surface area contributed by atoms with Gasteiger partial charge in [-0.25, -0.2) is 9.37 Å². The molecule has 0 aromatic carbocycles. The molecule has 0 bridgehead atoms. The maximum absolute atomic E-state index is 13.7. The van der Waals surface area contributed by atoms with Crippen LogP contribution in [-0.2, 0) is 9.53 Å². The van der Waals surface area contributed by atoms with E-state index in [-0.39, 0.29) is 18.3 Å². The molecule has 1 aromatic rings. The fraction of sp³-hybridized carbons (Fsp3) is 0.500. The fourth-order valence-corrected chi connectivity index (χ4v) is 2.24. The lowest BCUT2D eigenvalue weighted by molar-refractivity contribution is -0.113. The van der Waals surface area contributed by atoms with E-state index in [2.05, 4.69) is 10.3 Å². The van der Waals surface area contributed by atoms with Gasteiger partial charge in [0.25, 0.3) is 0 Å². The number of carbonyl (C=O) groups is 1. The summed E-state index contributed by atoms with van der Waals surface area (Å²) in [5.74, 6) is -0.0116. The lowest BCUT2D eigenvalue weighted by atomic mass is 10.3. The van der Waals surface area contributed by atoms with Crippen LogP contribution in [0.5, 0.6) is 0 Å². The maximum Gasteiger partial charge on any atom is 0.239 e. The second kappa shape index (κ2) is 6.56. The number of pyridine rings is 1. The van der Waals surface area contributed by atoms with E-state index in [1.165, 1.54) is 13.3 Å². The molecule has 5 nitrogen and oxygen atoms in total. The van der Waals surface area contributed by atoms with Crippen molar-refractivity contribution in [1.82, 2.24) is 4.98 Å². The molecule has 0 aliphatic carbocycles. The van der Waals surface area contributed by atoms with Crippen molar-refractivity contribution in [2.45, 2.75) is 12.3 Å². The summed E-state index contributed by atoms with van der Waals surface area (Å²) in [7, 11) is 1.47. The highest BCUT2D eigenvalue weighted by atomic mass is 35.5. The minimum atomic E-state index is -1.07. The Kier molecular flexibility index (Phi) is 5.01. The maximum atomic E-state index is 13.7. The first-order valence-electron chi connectivity index (χ1n) is 5.98. The Hall–Kier alpha value is -1.11. The first-order valence-corrected chi connectivity index (χ1v) is 6.89. The predicted molar refractivity (Wildman–Crippen MR) is 76.5 cm³/mol.